The largest absolute Gasteiger partial charge is 0.381 e. The molecule has 16 heavy (non-hydrogen) atoms. The summed E-state index contributed by atoms with van der Waals surface area (Å²) < 4.78 is 0. The van der Waals surface area contributed by atoms with E-state index in [1.54, 1.807) is 12.1 Å². The minimum absolute atomic E-state index is 0.0949. The fraction of sp³-hybridized carbons (Fsp3) is 0.455. The van der Waals surface area contributed by atoms with Gasteiger partial charge in [0.05, 0.1) is 4.92 Å². The van der Waals surface area contributed by atoms with Gasteiger partial charge in [0.2, 0.25) is 0 Å². The maximum atomic E-state index is 10.5. The first-order valence-electron chi connectivity index (χ1n) is 5.11. The summed E-state index contributed by atoms with van der Waals surface area (Å²) in [5.74, 6) is 0.918. The number of anilines is 1. The predicted molar refractivity (Wildman–Crippen MR) is 66.1 cm³/mol. The Labute approximate surface area is 99.8 Å². The van der Waals surface area contributed by atoms with Crippen LogP contribution in [0.5, 0.6) is 0 Å². The molecule has 0 aromatic heterocycles. The second-order valence-corrected chi connectivity index (χ2v) is 4.26. The molecular weight excluding hydrogens is 228 g/mol. The van der Waals surface area contributed by atoms with E-state index in [4.69, 9.17) is 11.6 Å². The number of nitro benzene ring substituents is 1. The average Bonchev–Trinajstić information content (AvgIpc) is 2.26. The zero-order valence-corrected chi connectivity index (χ0v) is 10.1. The first-order chi connectivity index (χ1) is 7.54. The number of nitro groups is 1. The van der Waals surface area contributed by atoms with E-state index >= 15 is 0 Å². The number of alkyl halides is 1. The lowest BCUT2D eigenvalue weighted by atomic mass is 10.1. The van der Waals surface area contributed by atoms with Crippen molar-refractivity contribution in [2.24, 2.45) is 5.92 Å². The van der Waals surface area contributed by atoms with E-state index in [-0.39, 0.29) is 11.7 Å². The molecule has 0 heterocycles. The number of non-ortho nitro benzene ring substituents is 1. The summed E-state index contributed by atoms with van der Waals surface area (Å²) in [5, 5.41) is 13.7. The summed E-state index contributed by atoms with van der Waals surface area (Å²) in [6.07, 6.45) is 0. The van der Waals surface area contributed by atoms with E-state index in [0.717, 1.165) is 5.69 Å². The van der Waals surface area contributed by atoms with Gasteiger partial charge in [0, 0.05) is 29.7 Å². The molecule has 0 aliphatic rings. The van der Waals surface area contributed by atoms with Gasteiger partial charge in [-0.25, -0.2) is 0 Å². The molecule has 0 saturated carbocycles. The van der Waals surface area contributed by atoms with Crippen molar-refractivity contribution in [3.8, 4) is 0 Å². The van der Waals surface area contributed by atoms with E-state index in [9.17, 15) is 10.1 Å². The molecule has 1 unspecified atom stereocenters. The molecule has 88 valence electrons. The van der Waals surface area contributed by atoms with Gasteiger partial charge < -0.3 is 5.32 Å². The zero-order chi connectivity index (χ0) is 12.1. The van der Waals surface area contributed by atoms with Crippen LogP contribution in [0.4, 0.5) is 11.4 Å². The fourth-order valence-corrected chi connectivity index (χ4v) is 1.71. The topological polar surface area (TPSA) is 55.2 Å². The number of hydrogen-bond acceptors (Lipinski definition) is 3. The van der Waals surface area contributed by atoms with E-state index in [0.29, 0.717) is 11.8 Å². The SMILES string of the molecule is CC(C)C(CCl)Nc1ccc([N+](=O)[O-])cc1. The van der Waals surface area contributed by atoms with Crippen molar-refractivity contribution in [1.29, 1.82) is 0 Å². The van der Waals surface area contributed by atoms with E-state index in [1.807, 2.05) is 0 Å². The summed E-state index contributed by atoms with van der Waals surface area (Å²) in [6, 6.07) is 6.52. The minimum atomic E-state index is -0.411. The molecule has 1 aromatic carbocycles. The number of halogens is 1. The summed E-state index contributed by atoms with van der Waals surface area (Å²) in [5.41, 5.74) is 0.947. The molecule has 0 fully saturated rings. The second kappa shape index (κ2) is 5.70. The van der Waals surface area contributed by atoms with Gasteiger partial charge in [-0.05, 0) is 18.1 Å². The Morgan fingerprint density at radius 2 is 1.94 bits per heavy atom. The van der Waals surface area contributed by atoms with Crippen LogP contribution in [0.25, 0.3) is 0 Å². The van der Waals surface area contributed by atoms with Crippen LogP contribution in [-0.4, -0.2) is 16.8 Å². The second-order valence-electron chi connectivity index (χ2n) is 3.95. The quantitative estimate of drug-likeness (QED) is 0.490. The summed E-state index contributed by atoms with van der Waals surface area (Å²) in [4.78, 5) is 10.1. The molecule has 4 nitrogen and oxygen atoms in total. The maximum absolute atomic E-state index is 10.5. The Morgan fingerprint density at radius 1 is 1.38 bits per heavy atom. The van der Waals surface area contributed by atoms with Crippen molar-refractivity contribution in [3.63, 3.8) is 0 Å². The van der Waals surface area contributed by atoms with Crippen LogP contribution in [0.1, 0.15) is 13.8 Å². The van der Waals surface area contributed by atoms with Crippen molar-refractivity contribution in [1.82, 2.24) is 0 Å². The highest BCUT2D eigenvalue weighted by Gasteiger charge is 2.12. The Hall–Kier alpha value is -1.29. The summed E-state index contributed by atoms with van der Waals surface area (Å²) in [7, 11) is 0. The van der Waals surface area contributed by atoms with Crippen molar-refractivity contribution < 1.29 is 4.92 Å². The van der Waals surface area contributed by atoms with Crippen molar-refractivity contribution >= 4 is 23.0 Å². The van der Waals surface area contributed by atoms with Crippen LogP contribution in [-0.2, 0) is 0 Å². The lowest BCUT2D eigenvalue weighted by molar-refractivity contribution is -0.384. The highest BCUT2D eigenvalue weighted by molar-refractivity contribution is 6.18. The molecule has 0 aliphatic heterocycles. The van der Waals surface area contributed by atoms with Crippen LogP contribution in [0.15, 0.2) is 24.3 Å². The average molecular weight is 243 g/mol. The molecular formula is C11H15ClN2O2. The van der Waals surface area contributed by atoms with E-state index in [1.165, 1.54) is 12.1 Å². The van der Waals surface area contributed by atoms with Crippen molar-refractivity contribution in [3.05, 3.63) is 34.4 Å². The van der Waals surface area contributed by atoms with Gasteiger partial charge in [0.25, 0.3) is 5.69 Å². The number of hydrogen-bond donors (Lipinski definition) is 1. The lowest BCUT2D eigenvalue weighted by Gasteiger charge is -2.20. The van der Waals surface area contributed by atoms with Crippen LogP contribution in [0, 0.1) is 16.0 Å². The molecule has 1 N–H and O–H groups in total. The molecule has 0 bridgehead atoms. The summed E-state index contributed by atoms with van der Waals surface area (Å²) in [6.45, 7) is 4.15. The zero-order valence-electron chi connectivity index (χ0n) is 9.31. The Balaban J connectivity index is 2.71. The maximum Gasteiger partial charge on any atom is 0.269 e. The highest BCUT2D eigenvalue weighted by atomic mass is 35.5. The molecule has 0 amide bonds. The highest BCUT2D eigenvalue weighted by Crippen LogP contribution is 2.18. The third-order valence-electron chi connectivity index (χ3n) is 2.40. The Kier molecular flexibility index (Phi) is 4.55. The molecule has 0 spiro atoms. The van der Waals surface area contributed by atoms with E-state index in [2.05, 4.69) is 19.2 Å². The first-order valence-corrected chi connectivity index (χ1v) is 5.65. The Bertz CT molecular complexity index is 352. The molecule has 0 radical (unpaired) electrons. The predicted octanol–water partition coefficient (Wildman–Crippen LogP) is 3.27. The number of nitrogens with zero attached hydrogens (tertiary/aromatic N) is 1. The molecule has 1 aromatic rings. The van der Waals surface area contributed by atoms with Gasteiger partial charge in [-0.1, -0.05) is 13.8 Å². The number of rotatable bonds is 5. The van der Waals surface area contributed by atoms with Crippen molar-refractivity contribution in [2.75, 3.05) is 11.2 Å². The van der Waals surface area contributed by atoms with Crippen molar-refractivity contribution in [2.45, 2.75) is 19.9 Å². The first kappa shape index (κ1) is 12.8. The normalized spacial score (nSPS) is 12.5. The molecule has 0 saturated heterocycles. The minimum Gasteiger partial charge on any atom is -0.381 e. The van der Waals surface area contributed by atoms with Gasteiger partial charge in [-0.3, -0.25) is 10.1 Å². The van der Waals surface area contributed by atoms with Gasteiger partial charge >= 0.3 is 0 Å². The fourth-order valence-electron chi connectivity index (χ4n) is 1.28. The molecule has 5 heteroatoms. The standard InChI is InChI=1S/C11H15ClN2O2/c1-8(2)11(7-12)13-9-3-5-10(6-4-9)14(15)16/h3-6,8,11,13H,7H2,1-2H3. The van der Waals surface area contributed by atoms with Crippen LogP contribution >= 0.6 is 11.6 Å². The van der Waals surface area contributed by atoms with Crippen LogP contribution < -0.4 is 5.32 Å². The van der Waals surface area contributed by atoms with Gasteiger partial charge in [-0.2, -0.15) is 0 Å². The third-order valence-corrected chi connectivity index (χ3v) is 2.73. The van der Waals surface area contributed by atoms with E-state index < -0.39 is 4.92 Å². The molecule has 1 atom stereocenters. The number of nitrogens with one attached hydrogen (secondary N) is 1. The van der Waals surface area contributed by atoms with Gasteiger partial charge in [-0.15, -0.1) is 11.6 Å². The van der Waals surface area contributed by atoms with Crippen LogP contribution in [0.3, 0.4) is 0 Å². The summed E-state index contributed by atoms with van der Waals surface area (Å²) >= 11 is 5.82. The smallest absolute Gasteiger partial charge is 0.269 e. The van der Waals surface area contributed by atoms with Gasteiger partial charge in [0.15, 0.2) is 0 Å². The van der Waals surface area contributed by atoms with Crippen LogP contribution in [0.2, 0.25) is 0 Å². The molecule has 0 aliphatic carbocycles. The monoisotopic (exact) mass is 242 g/mol. The van der Waals surface area contributed by atoms with Gasteiger partial charge in [0.1, 0.15) is 0 Å². The third kappa shape index (κ3) is 3.38. The molecule has 1 rings (SSSR count). The number of benzene rings is 1. The Morgan fingerprint density at radius 3 is 2.31 bits per heavy atom. The lowest BCUT2D eigenvalue weighted by Crippen LogP contribution is -2.27.